The molecule has 2 N–H and O–H groups in total. The number of carbonyl (C=O) groups excluding carboxylic acids is 2. The lowest BCUT2D eigenvalue weighted by Gasteiger charge is -2.05. The summed E-state index contributed by atoms with van der Waals surface area (Å²) in [6.45, 7) is 1.78. The van der Waals surface area contributed by atoms with Crippen molar-refractivity contribution in [2.75, 3.05) is 13.7 Å². The van der Waals surface area contributed by atoms with Gasteiger partial charge in [-0.3, -0.25) is 9.59 Å². The predicted octanol–water partition coefficient (Wildman–Crippen LogP) is 1.88. The second-order valence-corrected chi connectivity index (χ2v) is 5.08. The monoisotopic (exact) mass is 325 g/mol. The van der Waals surface area contributed by atoms with Gasteiger partial charge in [0.25, 0.3) is 11.8 Å². The fraction of sp³-hybridized carbons (Fsp3) is 0.167. The largest absolute Gasteiger partial charge is 0.496 e. The maximum Gasteiger partial charge on any atom is 0.259 e. The van der Waals surface area contributed by atoms with Crippen LogP contribution in [0.1, 0.15) is 21.5 Å². The lowest BCUT2D eigenvalue weighted by molar-refractivity contribution is -0.120. The van der Waals surface area contributed by atoms with Crippen molar-refractivity contribution in [1.29, 1.82) is 0 Å². The van der Waals surface area contributed by atoms with Gasteiger partial charge in [-0.05, 0) is 31.2 Å². The summed E-state index contributed by atoms with van der Waals surface area (Å²) in [5, 5.41) is 6.40. The molecule has 2 aromatic rings. The van der Waals surface area contributed by atoms with Crippen LogP contribution >= 0.6 is 0 Å². The minimum Gasteiger partial charge on any atom is -0.496 e. The molecule has 0 atom stereocenters. The van der Waals surface area contributed by atoms with E-state index >= 15 is 0 Å². The molecule has 2 aromatic carbocycles. The average molecular weight is 325 g/mol. The first kappa shape index (κ1) is 17.2. The van der Waals surface area contributed by atoms with Crippen molar-refractivity contribution in [3.05, 3.63) is 65.2 Å². The quantitative estimate of drug-likeness (QED) is 0.629. The van der Waals surface area contributed by atoms with Crippen molar-refractivity contribution >= 4 is 18.0 Å². The molecular weight excluding hydrogens is 306 g/mol. The van der Waals surface area contributed by atoms with Crippen molar-refractivity contribution in [1.82, 2.24) is 10.7 Å². The lowest BCUT2D eigenvalue weighted by Crippen LogP contribution is -2.34. The van der Waals surface area contributed by atoms with E-state index in [1.165, 1.54) is 6.21 Å². The third-order valence-electron chi connectivity index (χ3n) is 3.26. The molecule has 124 valence electrons. The summed E-state index contributed by atoms with van der Waals surface area (Å²) in [5.41, 5.74) is 4.67. The molecule has 0 spiro atoms. The first-order valence-corrected chi connectivity index (χ1v) is 7.40. The van der Waals surface area contributed by atoms with Gasteiger partial charge in [0, 0.05) is 11.1 Å². The minimum absolute atomic E-state index is 0.157. The molecule has 0 radical (unpaired) electrons. The van der Waals surface area contributed by atoms with E-state index < -0.39 is 5.91 Å². The van der Waals surface area contributed by atoms with E-state index in [1.54, 1.807) is 25.3 Å². The molecule has 0 aliphatic heterocycles. The Morgan fingerprint density at radius 1 is 1.12 bits per heavy atom. The third-order valence-corrected chi connectivity index (χ3v) is 3.26. The Balaban J connectivity index is 1.82. The Hall–Kier alpha value is -3.15. The van der Waals surface area contributed by atoms with Gasteiger partial charge in [-0.15, -0.1) is 0 Å². The van der Waals surface area contributed by atoms with E-state index in [-0.39, 0.29) is 12.5 Å². The number of amides is 2. The summed E-state index contributed by atoms with van der Waals surface area (Å²) in [7, 11) is 1.56. The van der Waals surface area contributed by atoms with Crippen molar-refractivity contribution in [3.63, 3.8) is 0 Å². The second-order valence-electron chi connectivity index (χ2n) is 5.08. The highest BCUT2D eigenvalue weighted by Gasteiger charge is 2.07. The Morgan fingerprint density at radius 3 is 2.54 bits per heavy atom. The van der Waals surface area contributed by atoms with E-state index in [4.69, 9.17) is 4.74 Å². The molecule has 0 aromatic heterocycles. The number of hydrazone groups is 1. The fourth-order valence-electron chi connectivity index (χ4n) is 1.95. The standard InChI is InChI=1S/C18H19N3O3/c1-13-7-9-14(10-8-13)18(23)19-12-17(22)21-20-11-15-5-3-4-6-16(15)24-2/h3-11H,12H2,1-2H3,(H,19,23)(H,21,22)/b20-11+. The zero-order valence-corrected chi connectivity index (χ0v) is 13.6. The Morgan fingerprint density at radius 2 is 1.83 bits per heavy atom. The smallest absolute Gasteiger partial charge is 0.259 e. The summed E-state index contributed by atoms with van der Waals surface area (Å²) in [5.74, 6) is -0.0661. The molecule has 0 heterocycles. The molecule has 6 nitrogen and oxygen atoms in total. The van der Waals surface area contributed by atoms with E-state index in [0.717, 1.165) is 11.1 Å². The van der Waals surface area contributed by atoms with Crippen LogP contribution in [0, 0.1) is 6.92 Å². The zero-order valence-electron chi connectivity index (χ0n) is 13.6. The van der Waals surface area contributed by atoms with Crippen LogP contribution in [0.5, 0.6) is 5.75 Å². The van der Waals surface area contributed by atoms with Gasteiger partial charge in [-0.1, -0.05) is 29.8 Å². The predicted molar refractivity (Wildman–Crippen MR) is 92.2 cm³/mol. The Labute approximate surface area is 140 Å². The van der Waals surface area contributed by atoms with Crippen LogP contribution in [-0.2, 0) is 4.79 Å². The van der Waals surface area contributed by atoms with Crippen molar-refractivity contribution in [2.45, 2.75) is 6.92 Å². The highest BCUT2D eigenvalue weighted by molar-refractivity contribution is 5.96. The number of rotatable bonds is 6. The number of nitrogens with one attached hydrogen (secondary N) is 2. The maximum atomic E-state index is 11.9. The molecule has 2 amide bonds. The number of hydrogen-bond donors (Lipinski definition) is 2. The highest BCUT2D eigenvalue weighted by Crippen LogP contribution is 2.14. The highest BCUT2D eigenvalue weighted by atomic mass is 16.5. The van der Waals surface area contributed by atoms with Crippen LogP contribution < -0.4 is 15.5 Å². The summed E-state index contributed by atoms with van der Waals surface area (Å²) < 4.78 is 5.18. The van der Waals surface area contributed by atoms with Gasteiger partial charge >= 0.3 is 0 Å². The minimum atomic E-state index is -0.415. The van der Waals surface area contributed by atoms with Crippen LogP contribution in [-0.4, -0.2) is 31.7 Å². The molecule has 0 saturated carbocycles. The van der Waals surface area contributed by atoms with Crippen molar-refractivity contribution < 1.29 is 14.3 Å². The third kappa shape index (κ3) is 4.95. The number of carbonyl (C=O) groups is 2. The number of hydrogen-bond acceptors (Lipinski definition) is 4. The van der Waals surface area contributed by atoms with Crippen molar-refractivity contribution in [3.8, 4) is 5.75 Å². The van der Waals surface area contributed by atoms with Gasteiger partial charge < -0.3 is 10.1 Å². The molecule has 0 aliphatic rings. The van der Waals surface area contributed by atoms with Crippen LogP contribution in [0.3, 0.4) is 0 Å². The number of nitrogens with zero attached hydrogens (tertiary/aromatic N) is 1. The molecule has 0 fully saturated rings. The van der Waals surface area contributed by atoms with Crippen LogP contribution in [0.2, 0.25) is 0 Å². The first-order chi connectivity index (χ1) is 11.6. The van der Waals surface area contributed by atoms with Crippen LogP contribution in [0.15, 0.2) is 53.6 Å². The van der Waals surface area contributed by atoms with Gasteiger partial charge in [-0.25, -0.2) is 5.43 Å². The number of benzene rings is 2. The van der Waals surface area contributed by atoms with Gasteiger partial charge in [0.05, 0.1) is 19.9 Å². The number of methoxy groups -OCH3 is 1. The average Bonchev–Trinajstić information content (AvgIpc) is 2.60. The Kier molecular flexibility index (Phi) is 6.08. The molecule has 0 bridgehead atoms. The molecular formula is C18H19N3O3. The van der Waals surface area contributed by atoms with Crippen molar-refractivity contribution in [2.24, 2.45) is 5.10 Å². The van der Waals surface area contributed by atoms with E-state index in [9.17, 15) is 9.59 Å². The van der Waals surface area contributed by atoms with E-state index in [2.05, 4.69) is 15.8 Å². The number of para-hydroxylation sites is 1. The lowest BCUT2D eigenvalue weighted by atomic mass is 10.1. The molecule has 24 heavy (non-hydrogen) atoms. The summed E-state index contributed by atoms with van der Waals surface area (Å²) in [6.07, 6.45) is 1.48. The van der Waals surface area contributed by atoms with Gasteiger partial charge in [0.1, 0.15) is 5.75 Å². The Bertz CT molecular complexity index is 739. The second kappa shape index (κ2) is 8.47. The summed E-state index contributed by atoms with van der Waals surface area (Å²) in [4.78, 5) is 23.6. The van der Waals surface area contributed by atoms with E-state index in [0.29, 0.717) is 11.3 Å². The van der Waals surface area contributed by atoms with Crippen LogP contribution in [0.25, 0.3) is 0 Å². The molecule has 0 unspecified atom stereocenters. The molecule has 6 heteroatoms. The SMILES string of the molecule is COc1ccccc1/C=N/NC(=O)CNC(=O)c1ccc(C)cc1. The molecule has 0 aliphatic carbocycles. The maximum absolute atomic E-state index is 11.9. The fourth-order valence-corrected chi connectivity index (χ4v) is 1.95. The number of ether oxygens (including phenoxy) is 1. The first-order valence-electron chi connectivity index (χ1n) is 7.40. The summed E-state index contributed by atoms with van der Waals surface area (Å²) in [6, 6.07) is 14.4. The normalized spacial score (nSPS) is 10.4. The summed E-state index contributed by atoms with van der Waals surface area (Å²) >= 11 is 0. The number of aryl methyl sites for hydroxylation is 1. The van der Waals surface area contributed by atoms with Gasteiger partial charge in [-0.2, -0.15) is 5.10 Å². The molecule has 2 rings (SSSR count). The topological polar surface area (TPSA) is 79.8 Å². The van der Waals surface area contributed by atoms with Gasteiger partial charge in [0.2, 0.25) is 0 Å². The van der Waals surface area contributed by atoms with Crippen LogP contribution in [0.4, 0.5) is 0 Å². The van der Waals surface area contributed by atoms with Gasteiger partial charge in [0.15, 0.2) is 0 Å². The zero-order chi connectivity index (χ0) is 17.4. The molecule has 0 saturated heterocycles. The van der Waals surface area contributed by atoms with E-state index in [1.807, 2.05) is 37.3 Å².